The maximum absolute atomic E-state index is 11.5. The molecule has 0 radical (unpaired) electrons. The van der Waals surface area contributed by atoms with Gasteiger partial charge in [0.1, 0.15) is 0 Å². The number of nitrogens with one attached hydrogen (secondary N) is 1. The zero-order valence-corrected chi connectivity index (χ0v) is 11.1. The van der Waals surface area contributed by atoms with E-state index in [9.17, 15) is 9.59 Å². The summed E-state index contributed by atoms with van der Waals surface area (Å²) in [5, 5.41) is 11.2. The van der Waals surface area contributed by atoms with Crippen LogP contribution in [0.15, 0.2) is 22.7 Å². The molecule has 0 fully saturated rings. The third-order valence-electron chi connectivity index (χ3n) is 2.19. The first-order valence-corrected chi connectivity index (χ1v) is 6.06. The van der Waals surface area contributed by atoms with Crippen LogP contribution >= 0.6 is 15.9 Å². The summed E-state index contributed by atoms with van der Waals surface area (Å²) in [5.74, 6) is -1.05. The van der Waals surface area contributed by atoms with E-state index in [4.69, 9.17) is 5.11 Å². The molecule has 0 heterocycles. The molecule has 0 aliphatic rings. The number of hydrogen-bond acceptors (Lipinski definition) is 2. The number of carboxylic acids is 1. The molecule has 0 atom stereocenters. The van der Waals surface area contributed by atoms with Gasteiger partial charge in [0.05, 0.1) is 5.69 Å². The van der Waals surface area contributed by atoms with Crippen LogP contribution in [0.5, 0.6) is 0 Å². The third kappa shape index (κ3) is 4.99. The number of benzene rings is 1. The Bertz CT molecular complexity index is 432. The summed E-state index contributed by atoms with van der Waals surface area (Å²) in [4.78, 5) is 21.8. The van der Waals surface area contributed by atoms with Crippen molar-refractivity contribution in [3.8, 4) is 0 Å². The zero-order valence-electron chi connectivity index (χ0n) is 9.50. The van der Waals surface area contributed by atoms with E-state index in [0.717, 1.165) is 10.0 Å². The summed E-state index contributed by atoms with van der Waals surface area (Å²) in [7, 11) is 0. The average Bonchev–Trinajstić information content (AvgIpc) is 2.23. The van der Waals surface area contributed by atoms with E-state index in [2.05, 4.69) is 21.2 Å². The molecule has 5 heteroatoms. The summed E-state index contributed by atoms with van der Waals surface area (Å²) in [6.45, 7) is 1.94. The van der Waals surface area contributed by atoms with E-state index < -0.39 is 5.97 Å². The van der Waals surface area contributed by atoms with Crippen LogP contribution in [0, 0.1) is 6.92 Å². The Hall–Kier alpha value is -1.36. The third-order valence-corrected chi connectivity index (χ3v) is 2.88. The van der Waals surface area contributed by atoms with Crippen molar-refractivity contribution in [1.29, 1.82) is 0 Å². The lowest BCUT2D eigenvalue weighted by molar-refractivity contribution is -0.137. The second kappa shape index (κ2) is 6.39. The molecule has 1 rings (SSSR count). The number of aliphatic carboxylic acids is 1. The molecule has 92 valence electrons. The summed E-state index contributed by atoms with van der Waals surface area (Å²) in [5.41, 5.74) is 1.76. The maximum atomic E-state index is 11.5. The van der Waals surface area contributed by atoms with Gasteiger partial charge in [-0.25, -0.2) is 0 Å². The lowest BCUT2D eigenvalue weighted by Gasteiger charge is -2.07. The average molecular weight is 300 g/mol. The first-order chi connectivity index (χ1) is 7.99. The summed E-state index contributed by atoms with van der Waals surface area (Å²) < 4.78 is 0.815. The highest BCUT2D eigenvalue weighted by Crippen LogP contribution is 2.23. The van der Waals surface area contributed by atoms with Crippen LogP contribution < -0.4 is 5.32 Å². The molecule has 0 saturated heterocycles. The van der Waals surface area contributed by atoms with Crippen LogP contribution in [0.4, 0.5) is 5.69 Å². The first kappa shape index (κ1) is 13.7. The van der Waals surface area contributed by atoms with Gasteiger partial charge in [-0.3, -0.25) is 9.59 Å². The molecule has 0 spiro atoms. The zero-order chi connectivity index (χ0) is 12.8. The lowest BCUT2D eigenvalue weighted by atomic mass is 10.2. The Morgan fingerprint density at radius 3 is 2.71 bits per heavy atom. The van der Waals surface area contributed by atoms with E-state index >= 15 is 0 Å². The van der Waals surface area contributed by atoms with Crippen LogP contribution in [0.25, 0.3) is 0 Å². The van der Waals surface area contributed by atoms with Crippen molar-refractivity contribution in [2.24, 2.45) is 0 Å². The second-order valence-electron chi connectivity index (χ2n) is 3.78. The Balaban J connectivity index is 2.50. The fourth-order valence-electron chi connectivity index (χ4n) is 1.35. The van der Waals surface area contributed by atoms with Crippen molar-refractivity contribution in [2.75, 3.05) is 5.32 Å². The number of hydrogen-bond donors (Lipinski definition) is 2. The molecule has 0 saturated carbocycles. The van der Waals surface area contributed by atoms with Gasteiger partial charge in [-0.1, -0.05) is 6.07 Å². The minimum Gasteiger partial charge on any atom is -0.481 e. The monoisotopic (exact) mass is 299 g/mol. The van der Waals surface area contributed by atoms with E-state index in [-0.39, 0.29) is 18.7 Å². The molecule has 0 aliphatic heterocycles. The van der Waals surface area contributed by atoms with Crippen LogP contribution in [-0.4, -0.2) is 17.0 Å². The molecule has 0 aromatic heterocycles. The fourth-order valence-corrected chi connectivity index (χ4v) is 1.69. The molecular weight excluding hydrogens is 286 g/mol. The Kier molecular flexibility index (Phi) is 5.15. The van der Waals surface area contributed by atoms with Gasteiger partial charge in [-0.15, -0.1) is 0 Å². The maximum Gasteiger partial charge on any atom is 0.303 e. The van der Waals surface area contributed by atoms with E-state index in [1.54, 1.807) is 0 Å². The number of carboxylic acid groups (broad SMARTS) is 1. The number of amides is 1. The van der Waals surface area contributed by atoms with Crippen molar-refractivity contribution in [2.45, 2.75) is 26.2 Å². The molecule has 1 aromatic carbocycles. The summed E-state index contributed by atoms with van der Waals surface area (Å²) in [6, 6.07) is 5.66. The number of carbonyl (C=O) groups is 2. The van der Waals surface area contributed by atoms with Gasteiger partial charge in [-0.05, 0) is 47.0 Å². The van der Waals surface area contributed by atoms with Crippen LogP contribution in [-0.2, 0) is 9.59 Å². The van der Waals surface area contributed by atoms with Gasteiger partial charge in [0.25, 0.3) is 0 Å². The molecule has 1 aromatic rings. The van der Waals surface area contributed by atoms with Gasteiger partial charge < -0.3 is 10.4 Å². The number of rotatable bonds is 5. The van der Waals surface area contributed by atoms with Gasteiger partial charge in [-0.2, -0.15) is 0 Å². The molecule has 4 nitrogen and oxygen atoms in total. The Morgan fingerprint density at radius 1 is 1.35 bits per heavy atom. The highest BCUT2D eigenvalue weighted by molar-refractivity contribution is 9.10. The predicted molar refractivity (Wildman–Crippen MR) is 69.0 cm³/mol. The highest BCUT2D eigenvalue weighted by atomic mass is 79.9. The number of halogens is 1. The molecule has 0 aliphatic carbocycles. The van der Waals surface area contributed by atoms with E-state index in [1.807, 2.05) is 25.1 Å². The first-order valence-electron chi connectivity index (χ1n) is 5.27. The SMILES string of the molecule is Cc1ccc(Br)c(NC(=O)CCCC(=O)O)c1. The van der Waals surface area contributed by atoms with Gasteiger partial charge in [0, 0.05) is 17.3 Å². The van der Waals surface area contributed by atoms with Crippen molar-refractivity contribution in [1.82, 2.24) is 0 Å². The minimum atomic E-state index is -0.880. The molecular formula is C12H14BrNO3. The number of carbonyl (C=O) groups excluding carboxylic acids is 1. The molecule has 0 unspecified atom stereocenters. The topological polar surface area (TPSA) is 66.4 Å². The lowest BCUT2D eigenvalue weighted by Crippen LogP contribution is -2.12. The minimum absolute atomic E-state index is 0.0163. The normalized spacial score (nSPS) is 10.0. The molecule has 0 bridgehead atoms. The standard InChI is InChI=1S/C12H14BrNO3/c1-8-5-6-9(13)10(7-8)14-11(15)3-2-4-12(16)17/h5-7H,2-4H2,1H3,(H,14,15)(H,16,17). The quantitative estimate of drug-likeness (QED) is 0.878. The molecule has 17 heavy (non-hydrogen) atoms. The second-order valence-corrected chi connectivity index (χ2v) is 4.63. The smallest absolute Gasteiger partial charge is 0.303 e. The summed E-state index contributed by atoms with van der Waals surface area (Å²) in [6.07, 6.45) is 0.583. The largest absolute Gasteiger partial charge is 0.481 e. The van der Waals surface area contributed by atoms with Crippen molar-refractivity contribution >= 4 is 33.5 Å². The Morgan fingerprint density at radius 2 is 2.06 bits per heavy atom. The van der Waals surface area contributed by atoms with Crippen LogP contribution in [0.3, 0.4) is 0 Å². The van der Waals surface area contributed by atoms with Crippen LogP contribution in [0.1, 0.15) is 24.8 Å². The van der Waals surface area contributed by atoms with Crippen molar-refractivity contribution in [3.05, 3.63) is 28.2 Å². The van der Waals surface area contributed by atoms with Gasteiger partial charge >= 0.3 is 5.97 Å². The number of aryl methyl sites for hydroxylation is 1. The fraction of sp³-hybridized carbons (Fsp3) is 0.333. The number of anilines is 1. The highest BCUT2D eigenvalue weighted by Gasteiger charge is 2.06. The van der Waals surface area contributed by atoms with E-state index in [1.165, 1.54) is 0 Å². The van der Waals surface area contributed by atoms with Gasteiger partial charge in [0.2, 0.25) is 5.91 Å². The predicted octanol–water partition coefficient (Wildman–Crippen LogP) is 2.95. The van der Waals surface area contributed by atoms with Crippen molar-refractivity contribution < 1.29 is 14.7 Å². The molecule has 1 amide bonds. The van der Waals surface area contributed by atoms with Crippen molar-refractivity contribution in [3.63, 3.8) is 0 Å². The van der Waals surface area contributed by atoms with Gasteiger partial charge in [0.15, 0.2) is 0 Å². The Labute approximate surface area is 108 Å². The van der Waals surface area contributed by atoms with E-state index in [0.29, 0.717) is 12.1 Å². The summed E-state index contributed by atoms with van der Waals surface area (Å²) >= 11 is 3.34. The van der Waals surface area contributed by atoms with Crippen LogP contribution in [0.2, 0.25) is 0 Å². The molecule has 2 N–H and O–H groups in total.